The van der Waals surface area contributed by atoms with Gasteiger partial charge in [0.1, 0.15) is 5.82 Å². The summed E-state index contributed by atoms with van der Waals surface area (Å²) in [7, 11) is 0. The van der Waals surface area contributed by atoms with Crippen LogP contribution in [0.1, 0.15) is 12.5 Å². The zero-order chi connectivity index (χ0) is 24.1. The van der Waals surface area contributed by atoms with Crippen molar-refractivity contribution in [2.45, 2.75) is 23.9 Å². The summed E-state index contributed by atoms with van der Waals surface area (Å²) >= 11 is 1.22. The Morgan fingerprint density at radius 3 is 2.53 bits per heavy atom. The van der Waals surface area contributed by atoms with Gasteiger partial charge in [0.2, 0.25) is 5.91 Å². The molecule has 0 fully saturated rings. The highest BCUT2D eigenvalue weighted by Gasteiger charge is 2.22. The first-order chi connectivity index (χ1) is 16.4. The molecule has 0 radical (unpaired) electrons. The first kappa shape index (κ1) is 23.1. The van der Waals surface area contributed by atoms with E-state index in [0.29, 0.717) is 28.8 Å². The second kappa shape index (κ2) is 10.3. The van der Waals surface area contributed by atoms with E-state index in [2.05, 4.69) is 15.5 Å². The number of carbonyl (C=O) groups excluding carboxylic acids is 1. The third-order valence-corrected chi connectivity index (χ3v) is 6.06. The number of halogens is 1. The van der Waals surface area contributed by atoms with Crippen molar-refractivity contribution in [3.63, 3.8) is 0 Å². The Labute approximate surface area is 199 Å². The number of hydrogen-bond acceptors (Lipinski definition) is 6. The maximum Gasteiger partial charge on any atom is 0.271 e. The van der Waals surface area contributed by atoms with Crippen LogP contribution < -0.4 is 5.32 Å². The normalized spacial score (nSPS) is 11.7. The fourth-order valence-corrected chi connectivity index (χ4v) is 4.10. The number of thioether (sulfide) groups is 1. The predicted octanol–water partition coefficient (Wildman–Crippen LogP) is 5.16. The Morgan fingerprint density at radius 2 is 1.82 bits per heavy atom. The van der Waals surface area contributed by atoms with Gasteiger partial charge in [-0.2, -0.15) is 0 Å². The van der Waals surface area contributed by atoms with E-state index >= 15 is 0 Å². The van der Waals surface area contributed by atoms with E-state index in [1.807, 2.05) is 34.9 Å². The van der Waals surface area contributed by atoms with E-state index in [9.17, 15) is 19.3 Å². The molecular formula is C24H20FN5O3S. The summed E-state index contributed by atoms with van der Waals surface area (Å²) < 4.78 is 15.3. The monoisotopic (exact) mass is 477 g/mol. The quantitative estimate of drug-likeness (QED) is 0.214. The number of nitrogens with one attached hydrogen (secondary N) is 1. The number of amides is 1. The highest BCUT2D eigenvalue weighted by Crippen LogP contribution is 2.29. The van der Waals surface area contributed by atoms with Gasteiger partial charge in [-0.05, 0) is 42.8 Å². The Balaban J connectivity index is 1.58. The minimum Gasteiger partial charge on any atom is -0.325 e. The lowest BCUT2D eigenvalue weighted by molar-refractivity contribution is -0.384. The number of nitro benzene ring substituents is 1. The number of non-ortho nitro benzene ring substituents is 1. The molecular weight excluding hydrogens is 457 g/mol. The van der Waals surface area contributed by atoms with Crippen molar-refractivity contribution in [1.82, 2.24) is 14.8 Å². The number of anilines is 1. The molecule has 0 saturated carbocycles. The van der Waals surface area contributed by atoms with Crippen LogP contribution in [0.15, 0.2) is 84.0 Å². The Bertz CT molecular complexity index is 1310. The molecule has 4 aromatic rings. The fourth-order valence-electron chi connectivity index (χ4n) is 3.25. The van der Waals surface area contributed by atoms with Crippen LogP contribution in [-0.4, -0.2) is 30.8 Å². The van der Waals surface area contributed by atoms with E-state index in [1.165, 1.54) is 42.1 Å². The maximum absolute atomic E-state index is 13.4. The van der Waals surface area contributed by atoms with E-state index < -0.39 is 10.2 Å². The molecule has 0 aliphatic rings. The topological polar surface area (TPSA) is 103 Å². The second-order valence-electron chi connectivity index (χ2n) is 7.44. The summed E-state index contributed by atoms with van der Waals surface area (Å²) in [6, 6.07) is 21.5. The zero-order valence-corrected chi connectivity index (χ0v) is 18.9. The predicted molar refractivity (Wildman–Crippen MR) is 128 cm³/mol. The smallest absolute Gasteiger partial charge is 0.271 e. The molecule has 1 atom stereocenters. The van der Waals surface area contributed by atoms with Gasteiger partial charge < -0.3 is 5.32 Å². The Kier molecular flexibility index (Phi) is 6.98. The van der Waals surface area contributed by atoms with Crippen LogP contribution in [0, 0.1) is 15.9 Å². The Morgan fingerprint density at radius 1 is 1.09 bits per heavy atom. The SMILES string of the molecule is C[C@@H](Sc1nnc(-c2ccc(F)cc2)n1Cc1ccccc1)C(=O)Nc1cccc([N+](=O)[O-])c1. The van der Waals surface area contributed by atoms with Gasteiger partial charge in [0.05, 0.1) is 16.7 Å². The summed E-state index contributed by atoms with van der Waals surface area (Å²) in [5.41, 5.74) is 1.95. The zero-order valence-electron chi connectivity index (χ0n) is 18.1. The molecule has 0 saturated heterocycles. The van der Waals surface area contributed by atoms with E-state index in [1.54, 1.807) is 25.1 Å². The number of hydrogen-bond donors (Lipinski definition) is 1. The number of carbonyl (C=O) groups is 1. The molecule has 1 heterocycles. The third-order valence-electron chi connectivity index (χ3n) is 4.98. The van der Waals surface area contributed by atoms with E-state index in [-0.39, 0.29) is 17.4 Å². The molecule has 1 aromatic heterocycles. The lowest BCUT2D eigenvalue weighted by Crippen LogP contribution is -2.23. The molecule has 3 aromatic carbocycles. The molecule has 4 rings (SSSR count). The molecule has 1 amide bonds. The van der Waals surface area contributed by atoms with Crippen molar-refractivity contribution in [2.75, 3.05) is 5.32 Å². The van der Waals surface area contributed by atoms with E-state index in [0.717, 1.165) is 5.56 Å². The van der Waals surface area contributed by atoms with Gasteiger partial charge in [-0.3, -0.25) is 19.5 Å². The highest BCUT2D eigenvalue weighted by molar-refractivity contribution is 8.00. The summed E-state index contributed by atoms with van der Waals surface area (Å²) in [6.45, 7) is 2.18. The molecule has 1 N–H and O–H groups in total. The lowest BCUT2D eigenvalue weighted by Gasteiger charge is -2.14. The molecule has 0 bridgehead atoms. The second-order valence-corrected chi connectivity index (χ2v) is 8.75. The summed E-state index contributed by atoms with van der Waals surface area (Å²) in [6.07, 6.45) is 0. The molecule has 34 heavy (non-hydrogen) atoms. The van der Waals surface area contributed by atoms with Gasteiger partial charge in [0.15, 0.2) is 11.0 Å². The van der Waals surface area contributed by atoms with Gasteiger partial charge >= 0.3 is 0 Å². The number of rotatable bonds is 8. The van der Waals surface area contributed by atoms with Crippen LogP contribution in [0.3, 0.4) is 0 Å². The van der Waals surface area contributed by atoms with Crippen molar-refractivity contribution in [3.8, 4) is 11.4 Å². The molecule has 0 spiro atoms. The number of aromatic nitrogens is 3. The number of nitrogens with zero attached hydrogens (tertiary/aromatic N) is 4. The van der Waals surface area contributed by atoms with Crippen molar-refractivity contribution in [1.29, 1.82) is 0 Å². The van der Waals surface area contributed by atoms with Gasteiger partial charge in [-0.15, -0.1) is 10.2 Å². The van der Waals surface area contributed by atoms with Gasteiger partial charge in [0, 0.05) is 23.4 Å². The Hall–Kier alpha value is -4.05. The lowest BCUT2D eigenvalue weighted by atomic mass is 10.2. The van der Waals surface area contributed by atoms with Gasteiger partial charge in [-0.1, -0.05) is 48.2 Å². The van der Waals surface area contributed by atoms with Crippen LogP contribution in [-0.2, 0) is 11.3 Å². The van der Waals surface area contributed by atoms with Crippen LogP contribution in [0.2, 0.25) is 0 Å². The van der Waals surface area contributed by atoms with Crippen LogP contribution in [0.4, 0.5) is 15.8 Å². The minimum absolute atomic E-state index is 0.107. The van der Waals surface area contributed by atoms with Gasteiger partial charge in [0.25, 0.3) is 5.69 Å². The summed E-state index contributed by atoms with van der Waals surface area (Å²) in [4.78, 5) is 23.3. The number of nitro groups is 1. The standard InChI is InChI=1S/C24H20FN5O3S/c1-16(23(31)26-20-8-5-9-21(14-20)30(32)33)34-24-28-27-22(18-10-12-19(25)13-11-18)29(24)15-17-6-3-2-4-7-17/h2-14,16H,15H2,1H3,(H,26,31)/t16-/m1/s1. The van der Waals surface area contributed by atoms with Crippen molar-refractivity contribution in [2.24, 2.45) is 0 Å². The minimum atomic E-state index is -0.570. The molecule has 10 heteroatoms. The average Bonchev–Trinajstić information content (AvgIpc) is 3.22. The van der Waals surface area contributed by atoms with Crippen LogP contribution in [0.5, 0.6) is 0 Å². The highest BCUT2D eigenvalue weighted by atomic mass is 32.2. The molecule has 8 nitrogen and oxygen atoms in total. The van der Waals surface area contributed by atoms with Crippen LogP contribution >= 0.6 is 11.8 Å². The third kappa shape index (κ3) is 5.46. The van der Waals surface area contributed by atoms with Crippen molar-refractivity contribution in [3.05, 3.63) is 100 Å². The fraction of sp³-hybridized carbons (Fsp3) is 0.125. The molecule has 0 unspecified atom stereocenters. The maximum atomic E-state index is 13.4. The largest absolute Gasteiger partial charge is 0.325 e. The molecule has 0 aliphatic carbocycles. The first-order valence-corrected chi connectivity index (χ1v) is 11.2. The van der Waals surface area contributed by atoms with Gasteiger partial charge in [-0.25, -0.2) is 4.39 Å². The average molecular weight is 478 g/mol. The van der Waals surface area contributed by atoms with E-state index in [4.69, 9.17) is 0 Å². The first-order valence-electron chi connectivity index (χ1n) is 10.4. The van der Waals surface area contributed by atoms with Crippen molar-refractivity contribution < 1.29 is 14.1 Å². The van der Waals surface area contributed by atoms with Crippen molar-refractivity contribution >= 4 is 29.0 Å². The summed E-state index contributed by atoms with van der Waals surface area (Å²) in [5, 5.41) is 22.2. The van der Waals surface area contributed by atoms with Crippen LogP contribution in [0.25, 0.3) is 11.4 Å². The molecule has 172 valence electrons. The number of benzene rings is 3. The molecule has 0 aliphatic heterocycles. The summed E-state index contributed by atoms with van der Waals surface area (Å²) in [5.74, 6) is -0.125.